The third-order valence-electron chi connectivity index (χ3n) is 8.08. The molecule has 0 radical (unpaired) electrons. The van der Waals surface area contributed by atoms with Gasteiger partial charge in [0, 0.05) is 0 Å². The van der Waals surface area contributed by atoms with Crippen molar-refractivity contribution in [2.75, 3.05) is 0 Å². The van der Waals surface area contributed by atoms with Gasteiger partial charge < -0.3 is 0 Å². The van der Waals surface area contributed by atoms with Gasteiger partial charge in [-0.1, -0.05) is 13.8 Å². The summed E-state index contributed by atoms with van der Waals surface area (Å²) < 4.78 is 0. The molecule has 4 unspecified atom stereocenters. The summed E-state index contributed by atoms with van der Waals surface area (Å²) in [7, 11) is 0. The van der Waals surface area contributed by atoms with Crippen molar-refractivity contribution in [2.45, 2.75) is 39.5 Å². The highest BCUT2D eigenvalue weighted by Gasteiger charge is 2.80. The van der Waals surface area contributed by atoms with Gasteiger partial charge in [0.2, 0.25) is 0 Å². The van der Waals surface area contributed by atoms with E-state index in [1.165, 1.54) is 35.5 Å². The summed E-state index contributed by atoms with van der Waals surface area (Å²) in [5.41, 5.74) is 1.72. The Bertz CT molecular complexity index is 284. The molecule has 5 fully saturated rings. The molecule has 5 aliphatic carbocycles. The molecule has 4 atom stereocenters. The predicted molar refractivity (Wildman–Crippen MR) is 55.6 cm³/mol. The van der Waals surface area contributed by atoms with Crippen LogP contribution in [0.3, 0.4) is 0 Å². The first-order valence-electron chi connectivity index (χ1n) is 6.66. The van der Waals surface area contributed by atoms with E-state index in [1.807, 2.05) is 0 Å². The summed E-state index contributed by atoms with van der Waals surface area (Å²) in [6.45, 7) is 5.29. The van der Waals surface area contributed by atoms with Gasteiger partial charge in [0.15, 0.2) is 0 Å². The molecule has 0 aliphatic heterocycles. The van der Waals surface area contributed by atoms with E-state index in [1.54, 1.807) is 25.7 Å². The molecule has 5 rings (SSSR count). The van der Waals surface area contributed by atoms with Crippen molar-refractivity contribution in [1.82, 2.24) is 0 Å². The van der Waals surface area contributed by atoms with Gasteiger partial charge in [-0.15, -0.1) is 0 Å². The van der Waals surface area contributed by atoms with E-state index in [0.717, 1.165) is 10.8 Å². The molecule has 0 bridgehead atoms. The maximum absolute atomic E-state index is 2.64. The van der Waals surface area contributed by atoms with Crippen LogP contribution >= 0.6 is 0 Å². The SMILES string of the molecule is CC12C3CC1C1CC4CC(C2C3)C41C. The average Bonchev–Trinajstić information content (AvgIpc) is 2.21. The van der Waals surface area contributed by atoms with Gasteiger partial charge in [-0.25, -0.2) is 0 Å². The fourth-order valence-corrected chi connectivity index (χ4v) is 6.96. The first-order chi connectivity index (χ1) is 6.66. The Morgan fingerprint density at radius 1 is 0.643 bits per heavy atom. The summed E-state index contributed by atoms with van der Waals surface area (Å²) in [5, 5.41) is 0. The molecule has 0 heterocycles. The summed E-state index contributed by atoms with van der Waals surface area (Å²) in [4.78, 5) is 0. The second-order valence-corrected chi connectivity index (χ2v) is 7.49. The molecule has 0 heteroatoms. The van der Waals surface area contributed by atoms with Crippen LogP contribution in [0.4, 0.5) is 0 Å². The topological polar surface area (TPSA) is 0 Å². The monoisotopic (exact) mass is 188 g/mol. The summed E-state index contributed by atoms with van der Waals surface area (Å²) >= 11 is 0. The van der Waals surface area contributed by atoms with Gasteiger partial charge >= 0.3 is 0 Å². The Labute approximate surface area is 86.5 Å². The van der Waals surface area contributed by atoms with E-state index in [0.29, 0.717) is 0 Å². The van der Waals surface area contributed by atoms with E-state index < -0.39 is 0 Å². The van der Waals surface area contributed by atoms with Gasteiger partial charge in [0.05, 0.1) is 0 Å². The second-order valence-electron chi connectivity index (χ2n) is 7.49. The fraction of sp³-hybridized carbons (Fsp3) is 1.00. The van der Waals surface area contributed by atoms with Gasteiger partial charge in [0.25, 0.3) is 0 Å². The van der Waals surface area contributed by atoms with Crippen molar-refractivity contribution in [3.05, 3.63) is 0 Å². The van der Waals surface area contributed by atoms with Crippen molar-refractivity contribution < 1.29 is 0 Å². The number of fused-ring (bicyclic) bond motifs is 2. The standard InChI is InChI=1S/C14H20/c1-13-7-3-9(13)11-5-8-6-12(10(13)4-7)14(8,11)2/h7-12H,3-6H2,1-2H3. The Hall–Kier alpha value is 0. The molecule has 5 saturated carbocycles. The molecule has 14 heavy (non-hydrogen) atoms. The van der Waals surface area contributed by atoms with Crippen LogP contribution in [-0.2, 0) is 0 Å². The highest BCUT2D eigenvalue weighted by molar-refractivity contribution is 5.29. The summed E-state index contributed by atoms with van der Waals surface area (Å²) in [6, 6.07) is 0. The first-order valence-corrected chi connectivity index (χ1v) is 6.66. The van der Waals surface area contributed by atoms with Crippen molar-refractivity contribution in [2.24, 2.45) is 46.3 Å². The Morgan fingerprint density at radius 3 is 1.14 bits per heavy atom. The van der Waals surface area contributed by atoms with Crippen LogP contribution in [-0.4, -0.2) is 0 Å². The third-order valence-corrected chi connectivity index (χ3v) is 8.08. The minimum absolute atomic E-state index is 0.861. The van der Waals surface area contributed by atoms with E-state index >= 15 is 0 Å². The van der Waals surface area contributed by atoms with E-state index in [4.69, 9.17) is 0 Å². The lowest BCUT2D eigenvalue weighted by atomic mass is 9.18. The molecule has 76 valence electrons. The van der Waals surface area contributed by atoms with Gasteiger partial charge in [-0.3, -0.25) is 0 Å². The Kier molecular flexibility index (Phi) is 0.845. The van der Waals surface area contributed by atoms with E-state index in [9.17, 15) is 0 Å². The van der Waals surface area contributed by atoms with Crippen LogP contribution in [0, 0.1) is 46.3 Å². The lowest BCUT2D eigenvalue weighted by molar-refractivity contribution is -0.380. The molecule has 0 amide bonds. The molecular weight excluding hydrogens is 168 g/mol. The molecule has 0 aromatic heterocycles. The predicted octanol–water partition coefficient (Wildman–Crippen LogP) is 3.32. The quantitative estimate of drug-likeness (QED) is 0.547. The van der Waals surface area contributed by atoms with E-state index in [-0.39, 0.29) is 0 Å². The highest BCUT2D eigenvalue weighted by Crippen LogP contribution is 2.87. The van der Waals surface area contributed by atoms with Crippen molar-refractivity contribution >= 4 is 0 Å². The van der Waals surface area contributed by atoms with Crippen molar-refractivity contribution in [3.8, 4) is 0 Å². The lowest BCUT2D eigenvalue weighted by Gasteiger charge is -2.86. The summed E-state index contributed by atoms with van der Waals surface area (Å²) in [6.07, 6.45) is 6.47. The van der Waals surface area contributed by atoms with Crippen LogP contribution in [0.5, 0.6) is 0 Å². The zero-order valence-corrected chi connectivity index (χ0v) is 9.29. The minimum Gasteiger partial charge on any atom is -0.0588 e. The van der Waals surface area contributed by atoms with Crippen molar-refractivity contribution in [1.29, 1.82) is 0 Å². The number of rotatable bonds is 0. The zero-order valence-electron chi connectivity index (χ0n) is 9.29. The molecule has 0 aromatic rings. The fourth-order valence-electron chi connectivity index (χ4n) is 6.96. The molecule has 0 nitrogen and oxygen atoms in total. The molecule has 0 aromatic carbocycles. The Balaban J connectivity index is 1.67. The van der Waals surface area contributed by atoms with Gasteiger partial charge in [-0.05, 0) is 72.0 Å². The number of hydrogen-bond acceptors (Lipinski definition) is 0. The van der Waals surface area contributed by atoms with E-state index in [2.05, 4.69) is 13.8 Å². The molecule has 0 N–H and O–H groups in total. The van der Waals surface area contributed by atoms with Crippen LogP contribution in [0.15, 0.2) is 0 Å². The lowest BCUT2D eigenvalue weighted by Crippen LogP contribution is -2.80. The van der Waals surface area contributed by atoms with Crippen LogP contribution in [0.2, 0.25) is 0 Å². The molecular formula is C14H20. The zero-order chi connectivity index (χ0) is 9.29. The Morgan fingerprint density at radius 2 is 0.929 bits per heavy atom. The minimum atomic E-state index is 0.861. The van der Waals surface area contributed by atoms with Crippen LogP contribution < -0.4 is 0 Å². The van der Waals surface area contributed by atoms with Crippen LogP contribution in [0.25, 0.3) is 0 Å². The van der Waals surface area contributed by atoms with Crippen LogP contribution in [0.1, 0.15) is 39.5 Å². The smallest absolute Gasteiger partial charge is 0.0235 e. The highest BCUT2D eigenvalue weighted by atomic mass is 14.8. The third kappa shape index (κ3) is 0.403. The second kappa shape index (κ2) is 1.62. The van der Waals surface area contributed by atoms with Gasteiger partial charge in [0.1, 0.15) is 0 Å². The largest absolute Gasteiger partial charge is 0.0588 e. The average molecular weight is 188 g/mol. The normalized spacial score (nSPS) is 81.0. The van der Waals surface area contributed by atoms with Crippen molar-refractivity contribution in [3.63, 3.8) is 0 Å². The first kappa shape index (κ1) is 7.30. The maximum atomic E-state index is 2.64. The molecule has 5 aliphatic rings. The number of hydrogen-bond donors (Lipinski definition) is 0. The summed E-state index contributed by atoms with van der Waals surface area (Å²) in [5.74, 6) is 7.02. The van der Waals surface area contributed by atoms with Gasteiger partial charge in [-0.2, -0.15) is 0 Å². The molecule has 0 saturated heterocycles. The molecule has 0 spiro atoms. The maximum Gasteiger partial charge on any atom is -0.0235 e.